The molecule has 28 heavy (non-hydrogen) atoms. The highest BCUT2D eigenvalue weighted by Crippen LogP contribution is 2.24. The average molecular weight is 380 g/mol. The summed E-state index contributed by atoms with van der Waals surface area (Å²) in [5, 5.41) is 5.92. The molecule has 1 aromatic heterocycles. The Morgan fingerprint density at radius 1 is 0.929 bits per heavy atom. The number of hydrogen-bond acceptors (Lipinski definition) is 4. The first kappa shape index (κ1) is 19.0. The number of carbonyl (C=O) groups is 3. The van der Waals surface area contributed by atoms with Crippen molar-refractivity contribution in [2.24, 2.45) is 0 Å². The molecule has 1 heterocycles. The third-order valence-electron chi connectivity index (χ3n) is 4.12. The molecule has 144 valence electrons. The molecule has 0 saturated carbocycles. The summed E-state index contributed by atoms with van der Waals surface area (Å²) in [7, 11) is 0. The lowest BCUT2D eigenvalue weighted by Gasteiger charge is -2.15. The summed E-state index contributed by atoms with van der Waals surface area (Å²) in [4.78, 5) is 36.4. The van der Waals surface area contributed by atoms with Crippen molar-refractivity contribution in [2.45, 2.75) is 19.9 Å². The van der Waals surface area contributed by atoms with Gasteiger partial charge in [-0.25, -0.2) is 4.79 Å². The molecule has 3 aromatic rings. The highest BCUT2D eigenvalue weighted by molar-refractivity contribution is 6.00. The summed E-state index contributed by atoms with van der Waals surface area (Å²) in [6, 6.07) is 14.7. The highest BCUT2D eigenvalue weighted by atomic mass is 16.3. The number of urea groups is 1. The molecule has 0 spiro atoms. The first-order valence-electron chi connectivity index (χ1n) is 8.66. The predicted molar refractivity (Wildman–Crippen MR) is 105 cm³/mol. The van der Waals surface area contributed by atoms with Gasteiger partial charge in [0.2, 0.25) is 0 Å². The fourth-order valence-corrected chi connectivity index (χ4v) is 2.63. The molecule has 0 radical (unpaired) electrons. The van der Waals surface area contributed by atoms with Crippen molar-refractivity contribution in [3.63, 3.8) is 0 Å². The van der Waals surface area contributed by atoms with Crippen molar-refractivity contribution in [2.75, 3.05) is 5.32 Å². The second kappa shape index (κ2) is 8.26. The molecular weight excluding hydrogens is 360 g/mol. The molecule has 4 N–H and O–H groups in total. The van der Waals surface area contributed by atoms with Crippen LogP contribution < -0.4 is 21.5 Å². The Bertz CT molecular complexity index is 1010. The number of rotatable bonds is 4. The minimum absolute atomic E-state index is 0.115. The van der Waals surface area contributed by atoms with E-state index in [0.29, 0.717) is 16.8 Å². The molecule has 8 heteroatoms. The number of hydrazine groups is 1. The van der Waals surface area contributed by atoms with Crippen LogP contribution in [-0.2, 0) is 4.79 Å². The number of para-hydroxylation sites is 2. The number of anilines is 1. The Kier molecular flexibility index (Phi) is 5.59. The van der Waals surface area contributed by atoms with Crippen molar-refractivity contribution in [1.82, 2.24) is 16.2 Å². The van der Waals surface area contributed by atoms with E-state index in [1.165, 1.54) is 6.92 Å². The zero-order valence-electron chi connectivity index (χ0n) is 15.4. The maximum absolute atomic E-state index is 12.3. The van der Waals surface area contributed by atoms with Crippen LogP contribution >= 0.6 is 0 Å². The maximum atomic E-state index is 12.3. The van der Waals surface area contributed by atoms with Gasteiger partial charge in [-0.2, -0.15) is 0 Å². The number of fused-ring (bicyclic) bond motifs is 1. The van der Waals surface area contributed by atoms with E-state index in [1.807, 2.05) is 24.3 Å². The van der Waals surface area contributed by atoms with E-state index < -0.39 is 23.9 Å². The molecule has 0 saturated heterocycles. The van der Waals surface area contributed by atoms with Gasteiger partial charge in [-0.05, 0) is 32.0 Å². The van der Waals surface area contributed by atoms with Gasteiger partial charge in [-0.1, -0.05) is 36.4 Å². The Morgan fingerprint density at radius 3 is 2.32 bits per heavy atom. The van der Waals surface area contributed by atoms with E-state index in [0.717, 1.165) is 5.39 Å². The molecule has 8 nitrogen and oxygen atoms in total. The second-order valence-electron chi connectivity index (χ2n) is 6.18. The highest BCUT2D eigenvalue weighted by Gasteiger charge is 2.20. The van der Waals surface area contributed by atoms with E-state index in [4.69, 9.17) is 4.42 Å². The predicted octanol–water partition coefficient (Wildman–Crippen LogP) is 2.71. The van der Waals surface area contributed by atoms with Crippen molar-refractivity contribution in [1.29, 1.82) is 0 Å². The van der Waals surface area contributed by atoms with Gasteiger partial charge in [-0.15, -0.1) is 0 Å². The minimum Gasteiger partial charge on any atom is -0.451 e. The van der Waals surface area contributed by atoms with Gasteiger partial charge in [0.1, 0.15) is 11.6 Å². The molecular formula is C20H20N4O4. The molecule has 3 rings (SSSR count). The molecule has 0 bridgehead atoms. The zero-order chi connectivity index (χ0) is 20.1. The van der Waals surface area contributed by atoms with E-state index in [2.05, 4.69) is 21.5 Å². The fraction of sp³-hybridized carbons (Fsp3) is 0.150. The molecule has 2 aromatic carbocycles. The van der Waals surface area contributed by atoms with Gasteiger partial charge in [0.25, 0.3) is 5.91 Å². The number of nitrogens with one attached hydrogen (secondary N) is 4. The summed E-state index contributed by atoms with van der Waals surface area (Å²) in [6.45, 7) is 3.26. The normalized spacial score (nSPS) is 11.5. The molecule has 4 amide bonds. The van der Waals surface area contributed by atoms with E-state index >= 15 is 0 Å². The van der Waals surface area contributed by atoms with Gasteiger partial charge >= 0.3 is 11.9 Å². The Morgan fingerprint density at radius 2 is 1.61 bits per heavy atom. The summed E-state index contributed by atoms with van der Waals surface area (Å²) < 4.78 is 5.54. The zero-order valence-corrected chi connectivity index (χ0v) is 15.4. The van der Waals surface area contributed by atoms with Crippen LogP contribution in [0.25, 0.3) is 11.0 Å². The van der Waals surface area contributed by atoms with Crippen LogP contribution in [0.2, 0.25) is 0 Å². The summed E-state index contributed by atoms with van der Waals surface area (Å²) >= 11 is 0. The Balaban J connectivity index is 1.53. The largest absolute Gasteiger partial charge is 0.451 e. The fourth-order valence-electron chi connectivity index (χ4n) is 2.63. The summed E-state index contributed by atoms with van der Waals surface area (Å²) in [6.07, 6.45) is 0. The van der Waals surface area contributed by atoms with E-state index in [9.17, 15) is 14.4 Å². The Labute approximate surface area is 161 Å². The lowest BCUT2D eigenvalue weighted by atomic mass is 10.1. The van der Waals surface area contributed by atoms with Gasteiger partial charge in [0.05, 0.1) is 0 Å². The monoisotopic (exact) mass is 380 g/mol. The van der Waals surface area contributed by atoms with E-state index in [-0.39, 0.29) is 5.76 Å². The van der Waals surface area contributed by atoms with Crippen LogP contribution in [0.5, 0.6) is 0 Å². The average Bonchev–Trinajstić information content (AvgIpc) is 3.03. The van der Waals surface area contributed by atoms with Crippen LogP contribution in [0.3, 0.4) is 0 Å². The number of hydrogen-bond donors (Lipinski definition) is 4. The standard InChI is InChI=1S/C20H20N4O4/c1-12-15-10-6-7-11-16(15)28-17(12)19(26)24-23-18(25)13(2)21-20(27)22-14-8-4-3-5-9-14/h3-11,13H,1-2H3,(H,23,25)(H,24,26)(H2,21,22,27). The first-order chi connectivity index (χ1) is 13.5. The molecule has 1 unspecified atom stereocenters. The SMILES string of the molecule is Cc1c(C(=O)NNC(=O)C(C)NC(=O)Nc2ccccc2)oc2ccccc12. The number of carbonyl (C=O) groups excluding carboxylic acids is 3. The lowest BCUT2D eigenvalue weighted by molar-refractivity contribution is -0.123. The summed E-state index contributed by atoms with van der Waals surface area (Å²) in [5.41, 5.74) is 6.44. The first-order valence-corrected chi connectivity index (χ1v) is 8.66. The number of amides is 4. The van der Waals surface area contributed by atoms with Crippen LogP contribution in [0.1, 0.15) is 23.0 Å². The van der Waals surface area contributed by atoms with Crippen molar-refractivity contribution in [3.05, 3.63) is 65.9 Å². The van der Waals surface area contributed by atoms with Crippen LogP contribution in [-0.4, -0.2) is 23.9 Å². The maximum Gasteiger partial charge on any atom is 0.319 e. The molecule has 0 fully saturated rings. The van der Waals surface area contributed by atoms with E-state index in [1.54, 1.807) is 37.3 Å². The number of furan rings is 1. The topological polar surface area (TPSA) is 112 Å². The second-order valence-corrected chi connectivity index (χ2v) is 6.18. The van der Waals surface area contributed by atoms with Gasteiger partial charge in [0.15, 0.2) is 5.76 Å². The quantitative estimate of drug-likeness (QED) is 0.521. The van der Waals surface area contributed by atoms with Gasteiger partial charge in [0, 0.05) is 16.6 Å². The van der Waals surface area contributed by atoms with Crippen LogP contribution in [0.15, 0.2) is 59.0 Å². The van der Waals surface area contributed by atoms with Crippen molar-refractivity contribution < 1.29 is 18.8 Å². The lowest BCUT2D eigenvalue weighted by Crippen LogP contribution is -2.51. The number of aryl methyl sites for hydroxylation is 1. The van der Waals surface area contributed by atoms with Crippen molar-refractivity contribution >= 4 is 34.5 Å². The third kappa shape index (κ3) is 4.29. The van der Waals surface area contributed by atoms with Gasteiger partial charge in [-0.3, -0.25) is 20.4 Å². The van der Waals surface area contributed by atoms with Crippen LogP contribution in [0, 0.1) is 6.92 Å². The minimum atomic E-state index is -0.874. The third-order valence-corrected chi connectivity index (χ3v) is 4.12. The molecule has 0 aliphatic carbocycles. The number of benzene rings is 2. The summed E-state index contributed by atoms with van der Waals surface area (Å²) in [5.74, 6) is -1.04. The molecule has 0 aliphatic rings. The molecule has 0 aliphatic heterocycles. The van der Waals surface area contributed by atoms with Crippen molar-refractivity contribution in [3.8, 4) is 0 Å². The molecule has 1 atom stereocenters. The Hall–Kier alpha value is -3.81. The smallest absolute Gasteiger partial charge is 0.319 e. The van der Waals surface area contributed by atoms with Crippen LogP contribution in [0.4, 0.5) is 10.5 Å². The van der Waals surface area contributed by atoms with Gasteiger partial charge < -0.3 is 15.1 Å².